The van der Waals surface area contributed by atoms with Crippen LogP contribution < -0.4 is 0 Å². The lowest BCUT2D eigenvalue weighted by molar-refractivity contribution is 0.672. The molecule has 1 unspecified atom stereocenters. The van der Waals surface area contributed by atoms with Gasteiger partial charge in [-0.05, 0) is 47.2 Å². The van der Waals surface area contributed by atoms with Crippen LogP contribution >= 0.6 is 0 Å². The number of aromatic nitrogens is 4. The molecular formula is C42H28N4O. The van der Waals surface area contributed by atoms with Gasteiger partial charge in [-0.2, -0.15) is 0 Å². The van der Waals surface area contributed by atoms with Crippen LogP contribution in [-0.4, -0.2) is 19.9 Å². The van der Waals surface area contributed by atoms with Gasteiger partial charge in [0.1, 0.15) is 17.0 Å². The summed E-state index contributed by atoms with van der Waals surface area (Å²) in [5, 5.41) is 4.40. The highest BCUT2D eigenvalue weighted by atomic mass is 16.3. The zero-order chi connectivity index (χ0) is 31.2. The second kappa shape index (κ2) is 11.3. The fourth-order valence-electron chi connectivity index (χ4n) is 6.63. The SMILES string of the molecule is C1=CC(c2nc(-c3ccccc3)nc(-c3ccccc3)n2)CC=C1c1cccc2oc3c4ccccc4c(-c4ccccn4)cc3c12. The van der Waals surface area contributed by atoms with Gasteiger partial charge in [-0.25, -0.2) is 15.0 Å². The number of benzene rings is 5. The Morgan fingerprint density at radius 1 is 0.596 bits per heavy atom. The van der Waals surface area contributed by atoms with Crippen LogP contribution in [0.25, 0.3) is 72.3 Å². The van der Waals surface area contributed by atoms with E-state index in [0.717, 1.165) is 78.5 Å². The number of allylic oxidation sites excluding steroid dienone is 4. The highest BCUT2D eigenvalue weighted by Crippen LogP contribution is 2.42. The number of hydrogen-bond acceptors (Lipinski definition) is 5. The zero-order valence-corrected chi connectivity index (χ0v) is 25.4. The highest BCUT2D eigenvalue weighted by molar-refractivity contribution is 6.21. The molecule has 47 heavy (non-hydrogen) atoms. The molecule has 3 aromatic heterocycles. The molecule has 0 N–H and O–H groups in total. The Bertz CT molecular complexity index is 2420. The molecule has 0 amide bonds. The number of hydrogen-bond donors (Lipinski definition) is 0. The summed E-state index contributed by atoms with van der Waals surface area (Å²) in [5.74, 6) is 2.15. The molecule has 0 saturated carbocycles. The number of fused-ring (bicyclic) bond motifs is 5. The van der Waals surface area contributed by atoms with E-state index in [0.29, 0.717) is 11.6 Å². The van der Waals surface area contributed by atoms with Gasteiger partial charge in [0.2, 0.25) is 0 Å². The van der Waals surface area contributed by atoms with Crippen molar-refractivity contribution in [2.45, 2.75) is 12.3 Å². The summed E-state index contributed by atoms with van der Waals surface area (Å²) in [6.45, 7) is 0. The third-order valence-corrected chi connectivity index (χ3v) is 8.90. The lowest BCUT2D eigenvalue weighted by Gasteiger charge is -2.17. The molecule has 8 aromatic rings. The summed E-state index contributed by atoms with van der Waals surface area (Å²) in [6.07, 6.45) is 9.35. The van der Waals surface area contributed by atoms with Crippen molar-refractivity contribution in [3.05, 3.63) is 163 Å². The Balaban J connectivity index is 1.14. The monoisotopic (exact) mass is 604 g/mol. The Morgan fingerprint density at radius 3 is 1.98 bits per heavy atom. The Labute approximate surface area is 271 Å². The average molecular weight is 605 g/mol. The number of furan rings is 1. The smallest absolute Gasteiger partial charge is 0.163 e. The number of rotatable bonds is 5. The van der Waals surface area contributed by atoms with Crippen molar-refractivity contribution in [2.75, 3.05) is 0 Å². The molecule has 5 heteroatoms. The molecule has 1 atom stereocenters. The van der Waals surface area contributed by atoms with Crippen molar-refractivity contribution in [3.63, 3.8) is 0 Å². The van der Waals surface area contributed by atoms with E-state index in [1.807, 2.05) is 79.0 Å². The van der Waals surface area contributed by atoms with E-state index in [-0.39, 0.29) is 5.92 Å². The molecule has 222 valence electrons. The molecule has 0 bridgehead atoms. The lowest BCUT2D eigenvalue weighted by Crippen LogP contribution is -2.08. The predicted octanol–water partition coefficient (Wildman–Crippen LogP) is 10.4. The fraction of sp³-hybridized carbons (Fsp3) is 0.0476. The van der Waals surface area contributed by atoms with E-state index in [9.17, 15) is 0 Å². The van der Waals surface area contributed by atoms with Crippen molar-refractivity contribution in [1.29, 1.82) is 0 Å². The van der Waals surface area contributed by atoms with E-state index in [4.69, 9.17) is 24.4 Å². The first-order valence-electron chi connectivity index (χ1n) is 15.8. The molecule has 0 aliphatic heterocycles. The van der Waals surface area contributed by atoms with Gasteiger partial charge in [-0.15, -0.1) is 0 Å². The molecule has 1 aliphatic carbocycles. The third kappa shape index (κ3) is 4.80. The zero-order valence-electron chi connectivity index (χ0n) is 25.4. The van der Waals surface area contributed by atoms with Crippen molar-refractivity contribution < 1.29 is 4.42 Å². The number of pyridine rings is 1. The molecule has 5 aromatic carbocycles. The molecular weight excluding hydrogens is 576 g/mol. The minimum Gasteiger partial charge on any atom is -0.455 e. The Morgan fingerprint density at radius 2 is 1.30 bits per heavy atom. The maximum absolute atomic E-state index is 6.59. The fourth-order valence-corrected chi connectivity index (χ4v) is 6.63. The van der Waals surface area contributed by atoms with E-state index in [1.54, 1.807) is 0 Å². The Hall–Kier alpha value is -6.20. The average Bonchev–Trinajstić information content (AvgIpc) is 3.55. The lowest BCUT2D eigenvalue weighted by atomic mass is 9.90. The summed E-state index contributed by atoms with van der Waals surface area (Å²) in [4.78, 5) is 19.5. The van der Waals surface area contributed by atoms with E-state index in [1.165, 1.54) is 0 Å². The molecule has 9 rings (SSSR count). The summed E-state index contributed by atoms with van der Waals surface area (Å²) >= 11 is 0. The van der Waals surface area contributed by atoms with E-state index >= 15 is 0 Å². The predicted molar refractivity (Wildman–Crippen MR) is 190 cm³/mol. The van der Waals surface area contributed by atoms with Gasteiger partial charge in [0.15, 0.2) is 11.6 Å². The van der Waals surface area contributed by atoms with Crippen LogP contribution in [0, 0.1) is 0 Å². The highest BCUT2D eigenvalue weighted by Gasteiger charge is 2.22. The second-order valence-corrected chi connectivity index (χ2v) is 11.8. The summed E-state index contributed by atoms with van der Waals surface area (Å²) < 4.78 is 6.59. The van der Waals surface area contributed by atoms with Crippen LogP contribution in [0.1, 0.15) is 23.7 Å². The van der Waals surface area contributed by atoms with Gasteiger partial charge in [0.25, 0.3) is 0 Å². The van der Waals surface area contributed by atoms with Crippen LogP contribution in [0.3, 0.4) is 0 Å². The second-order valence-electron chi connectivity index (χ2n) is 11.8. The number of nitrogens with zero attached hydrogens (tertiary/aromatic N) is 4. The molecule has 0 saturated heterocycles. The maximum atomic E-state index is 6.59. The minimum atomic E-state index is 0.0201. The molecule has 0 spiro atoms. The topological polar surface area (TPSA) is 64.7 Å². The van der Waals surface area contributed by atoms with Gasteiger partial charge in [0.05, 0.1) is 5.69 Å². The van der Waals surface area contributed by atoms with Gasteiger partial charge >= 0.3 is 0 Å². The van der Waals surface area contributed by atoms with Gasteiger partial charge in [-0.3, -0.25) is 4.98 Å². The quantitative estimate of drug-likeness (QED) is 0.196. The van der Waals surface area contributed by atoms with Crippen LogP contribution in [0.15, 0.2) is 156 Å². The summed E-state index contributed by atoms with van der Waals surface area (Å²) in [5.41, 5.74) is 8.05. The van der Waals surface area contributed by atoms with E-state index in [2.05, 4.69) is 72.8 Å². The first-order chi connectivity index (χ1) is 23.3. The molecule has 1 aliphatic rings. The van der Waals surface area contributed by atoms with Gasteiger partial charge in [0, 0.05) is 45.0 Å². The van der Waals surface area contributed by atoms with Crippen LogP contribution in [0.2, 0.25) is 0 Å². The van der Waals surface area contributed by atoms with Crippen LogP contribution in [-0.2, 0) is 0 Å². The normalized spacial score (nSPS) is 14.6. The summed E-state index contributed by atoms with van der Waals surface area (Å²) in [6, 6.07) is 43.3. The van der Waals surface area contributed by atoms with Crippen LogP contribution in [0.5, 0.6) is 0 Å². The first-order valence-corrected chi connectivity index (χ1v) is 15.8. The summed E-state index contributed by atoms with van der Waals surface area (Å²) in [7, 11) is 0. The van der Waals surface area contributed by atoms with Gasteiger partial charge in [-0.1, -0.05) is 121 Å². The first kappa shape index (κ1) is 27.1. The van der Waals surface area contributed by atoms with Crippen molar-refractivity contribution in [3.8, 4) is 34.0 Å². The van der Waals surface area contributed by atoms with Crippen molar-refractivity contribution >= 4 is 38.3 Å². The standard InChI is InChI=1S/C42H28N4O/c1-3-12-28(13-4-1)40-44-41(29-14-5-2-6-15-29)46-42(45-40)30-23-21-27(22-24-30)31-18-11-20-37-38(31)35-26-34(36-19-9-10-25-43-36)32-16-7-8-17-33(32)39(35)47-37/h1-23,25-26,30H,24H2. The van der Waals surface area contributed by atoms with Crippen molar-refractivity contribution in [2.24, 2.45) is 0 Å². The largest absolute Gasteiger partial charge is 0.455 e. The maximum Gasteiger partial charge on any atom is 0.163 e. The van der Waals surface area contributed by atoms with Gasteiger partial charge < -0.3 is 4.42 Å². The molecule has 0 radical (unpaired) electrons. The van der Waals surface area contributed by atoms with E-state index < -0.39 is 0 Å². The van der Waals surface area contributed by atoms with Crippen LogP contribution in [0.4, 0.5) is 0 Å². The minimum absolute atomic E-state index is 0.0201. The Kier molecular flexibility index (Phi) is 6.53. The molecule has 3 heterocycles. The molecule has 5 nitrogen and oxygen atoms in total. The molecule has 0 fully saturated rings. The third-order valence-electron chi connectivity index (χ3n) is 8.90. The van der Waals surface area contributed by atoms with Crippen molar-refractivity contribution in [1.82, 2.24) is 19.9 Å².